The van der Waals surface area contributed by atoms with Gasteiger partial charge in [-0.3, -0.25) is 0 Å². The summed E-state index contributed by atoms with van der Waals surface area (Å²) in [5.74, 6) is 1.20. The molecule has 1 fully saturated rings. The van der Waals surface area contributed by atoms with Gasteiger partial charge in [-0.05, 0) is 45.2 Å². The van der Waals surface area contributed by atoms with E-state index in [-0.39, 0.29) is 0 Å². The van der Waals surface area contributed by atoms with E-state index < -0.39 is 0 Å². The lowest BCUT2D eigenvalue weighted by Crippen LogP contribution is -2.51. The third-order valence-electron chi connectivity index (χ3n) is 4.24. The first-order valence-electron chi connectivity index (χ1n) is 7.24. The Balaban J connectivity index is 2.22. The number of hydrogen-bond donors (Lipinski definition) is 0. The highest BCUT2D eigenvalue weighted by atomic mass is 35.5. The molecule has 2 heterocycles. The van der Waals surface area contributed by atoms with Gasteiger partial charge in [-0.15, -0.1) is 11.6 Å². The van der Waals surface area contributed by atoms with Crippen LogP contribution < -0.4 is 5.01 Å². The van der Waals surface area contributed by atoms with E-state index in [0.717, 1.165) is 16.9 Å². The first-order valence-corrected chi connectivity index (χ1v) is 8.53. The van der Waals surface area contributed by atoms with Crippen LogP contribution in [0.3, 0.4) is 0 Å². The zero-order valence-corrected chi connectivity index (χ0v) is 14.4. The molecule has 6 heteroatoms. The largest absolute Gasteiger partial charge is 0.305 e. The number of aromatic nitrogens is 2. The molecule has 21 heavy (non-hydrogen) atoms. The maximum atomic E-state index is 6.20. The van der Waals surface area contributed by atoms with Gasteiger partial charge in [0.05, 0.1) is 27.0 Å². The van der Waals surface area contributed by atoms with Gasteiger partial charge < -0.3 is 5.01 Å². The summed E-state index contributed by atoms with van der Waals surface area (Å²) in [6.07, 6.45) is 3.61. The van der Waals surface area contributed by atoms with Gasteiger partial charge >= 0.3 is 0 Å². The molecule has 1 saturated heterocycles. The summed E-state index contributed by atoms with van der Waals surface area (Å²) in [7, 11) is 0. The lowest BCUT2D eigenvalue weighted by atomic mass is 10.00. The van der Waals surface area contributed by atoms with Crippen LogP contribution in [0.25, 0.3) is 11.0 Å². The van der Waals surface area contributed by atoms with Gasteiger partial charge in [0.25, 0.3) is 0 Å². The van der Waals surface area contributed by atoms with Crippen LogP contribution in [0, 0.1) is 0 Å². The van der Waals surface area contributed by atoms with Gasteiger partial charge in [0, 0.05) is 12.1 Å². The first kappa shape index (κ1) is 15.3. The number of imidazole rings is 1. The van der Waals surface area contributed by atoms with Gasteiger partial charge in [-0.25, -0.2) is 9.66 Å². The van der Waals surface area contributed by atoms with E-state index in [1.165, 1.54) is 19.3 Å². The van der Waals surface area contributed by atoms with Crippen LogP contribution in [0.2, 0.25) is 10.0 Å². The number of rotatable bonds is 2. The number of piperidine rings is 1. The SMILES string of the molecule is CC1CCCC(C)N1n1c(CCl)nc2cc(Cl)c(Cl)cc21. The average Bonchev–Trinajstić information content (AvgIpc) is 2.77. The minimum atomic E-state index is 0.361. The van der Waals surface area contributed by atoms with Crippen LogP contribution in [-0.2, 0) is 5.88 Å². The molecule has 1 aliphatic heterocycles. The summed E-state index contributed by atoms with van der Waals surface area (Å²) >= 11 is 18.4. The number of fused-ring (bicyclic) bond motifs is 1. The second-order valence-corrected chi connectivity index (χ2v) is 6.82. The quantitative estimate of drug-likeness (QED) is 0.715. The Bertz CT molecular complexity index is 658. The second kappa shape index (κ2) is 5.86. The van der Waals surface area contributed by atoms with Crippen molar-refractivity contribution in [3.8, 4) is 0 Å². The van der Waals surface area contributed by atoms with Gasteiger partial charge in [-0.2, -0.15) is 0 Å². The molecular weight excluding hydrogens is 329 g/mol. The van der Waals surface area contributed by atoms with Crippen molar-refractivity contribution in [3.63, 3.8) is 0 Å². The Labute approximate surface area is 139 Å². The minimum absolute atomic E-state index is 0.361. The fourth-order valence-corrected chi connectivity index (χ4v) is 3.75. The Hall–Kier alpha value is -0.640. The van der Waals surface area contributed by atoms with Crippen LogP contribution >= 0.6 is 34.8 Å². The zero-order valence-electron chi connectivity index (χ0n) is 12.1. The van der Waals surface area contributed by atoms with Crippen molar-refractivity contribution in [2.24, 2.45) is 0 Å². The summed E-state index contributed by atoms with van der Waals surface area (Å²) < 4.78 is 2.14. The van der Waals surface area contributed by atoms with Gasteiger partial charge in [0.1, 0.15) is 5.82 Å². The molecule has 1 aromatic heterocycles. The highest BCUT2D eigenvalue weighted by molar-refractivity contribution is 6.42. The zero-order chi connectivity index (χ0) is 15.1. The molecule has 1 aromatic carbocycles. The Morgan fingerprint density at radius 3 is 2.38 bits per heavy atom. The topological polar surface area (TPSA) is 21.1 Å². The molecule has 0 saturated carbocycles. The maximum Gasteiger partial charge on any atom is 0.143 e. The molecule has 2 aromatic rings. The fraction of sp³-hybridized carbons (Fsp3) is 0.533. The highest BCUT2D eigenvalue weighted by Gasteiger charge is 2.28. The molecule has 0 radical (unpaired) electrons. The van der Waals surface area contributed by atoms with E-state index in [0.29, 0.717) is 28.0 Å². The number of halogens is 3. The summed E-state index contributed by atoms with van der Waals surface area (Å²) in [4.78, 5) is 4.62. The molecule has 2 unspecified atom stereocenters. The van der Waals surface area contributed by atoms with Gasteiger partial charge in [-0.1, -0.05) is 23.2 Å². The summed E-state index contributed by atoms with van der Waals surface area (Å²) in [5.41, 5.74) is 1.81. The van der Waals surface area contributed by atoms with E-state index in [1.807, 2.05) is 12.1 Å². The second-order valence-electron chi connectivity index (χ2n) is 5.74. The van der Waals surface area contributed by atoms with E-state index in [1.54, 1.807) is 0 Å². The van der Waals surface area contributed by atoms with Crippen LogP contribution in [-0.4, -0.2) is 21.7 Å². The molecule has 2 atom stereocenters. The Morgan fingerprint density at radius 1 is 1.14 bits per heavy atom. The normalized spacial score (nSPS) is 23.0. The lowest BCUT2D eigenvalue weighted by molar-refractivity contribution is 0.337. The third kappa shape index (κ3) is 2.60. The molecular formula is C15H18Cl3N3. The molecule has 114 valence electrons. The van der Waals surface area contributed by atoms with Crippen molar-refractivity contribution < 1.29 is 0 Å². The predicted molar refractivity (Wildman–Crippen MR) is 90.3 cm³/mol. The van der Waals surface area contributed by atoms with E-state index >= 15 is 0 Å². The molecule has 0 amide bonds. The third-order valence-corrected chi connectivity index (χ3v) is 5.20. The van der Waals surface area contributed by atoms with E-state index in [9.17, 15) is 0 Å². The molecule has 0 spiro atoms. The molecule has 0 aliphatic carbocycles. The van der Waals surface area contributed by atoms with Crippen LogP contribution in [0.5, 0.6) is 0 Å². The standard InChI is InChI=1S/C15H18Cl3N3/c1-9-4-3-5-10(2)20(9)21-14-7-12(18)11(17)6-13(14)19-15(21)8-16/h6-7,9-10H,3-5,8H2,1-2H3. The van der Waals surface area contributed by atoms with E-state index in [2.05, 4.69) is 28.5 Å². The van der Waals surface area contributed by atoms with Crippen LogP contribution in [0.15, 0.2) is 12.1 Å². The van der Waals surface area contributed by atoms with Gasteiger partial charge in [0.2, 0.25) is 0 Å². The molecule has 1 aliphatic rings. The average molecular weight is 347 g/mol. The Morgan fingerprint density at radius 2 is 1.76 bits per heavy atom. The van der Waals surface area contributed by atoms with Crippen molar-refractivity contribution in [2.75, 3.05) is 5.01 Å². The van der Waals surface area contributed by atoms with Crippen molar-refractivity contribution in [3.05, 3.63) is 28.0 Å². The predicted octanol–water partition coefficient (Wildman–Crippen LogP) is 4.98. The monoisotopic (exact) mass is 345 g/mol. The Kier molecular flexibility index (Phi) is 4.26. The summed E-state index contributed by atoms with van der Waals surface area (Å²) in [5, 5.41) is 3.44. The number of benzene rings is 1. The van der Waals surface area contributed by atoms with Crippen molar-refractivity contribution >= 4 is 45.8 Å². The first-order chi connectivity index (χ1) is 10.0. The van der Waals surface area contributed by atoms with Crippen LogP contribution in [0.4, 0.5) is 0 Å². The number of nitrogens with zero attached hydrogens (tertiary/aromatic N) is 3. The molecule has 3 rings (SSSR count). The molecule has 0 N–H and O–H groups in total. The van der Waals surface area contributed by atoms with E-state index in [4.69, 9.17) is 34.8 Å². The number of hydrogen-bond acceptors (Lipinski definition) is 2. The fourth-order valence-electron chi connectivity index (χ4n) is 3.26. The number of alkyl halides is 1. The molecule has 0 bridgehead atoms. The van der Waals surface area contributed by atoms with Crippen molar-refractivity contribution in [1.29, 1.82) is 0 Å². The lowest BCUT2D eigenvalue weighted by Gasteiger charge is -2.42. The van der Waals surface area contributed by atoms with Gasteiger partial charge in [0.15, 0.2) is 0 Å². The van der Waals surface area contributed by atoms with Crippen molar-refractivity contribution in [2.45, 2.75) is 51.1 Å². The summed E-state index contributed by atoms with van der Waals surface area (Å²) in [6.45, 7) is 4.49. The summed E-state index contributed by atoms with van der Waals surface area (Å²) in [6, 6.07) is 4.59. The minimum Gasteiger partial charge on any atom is -0.305 e. The van der Waals surface area contributed by atoms with Crippen molar-refractivity contribution in [1.82, 2.24) is 9.66 Å². The van der Waals surface area contributed by atoms with Crippen LogP contribution in [0.1, 0.15) is 38.9 Å². The highest BCUT2D eigenvalue weighted by Crippen LogP contribution is 2.31. The smallest absolute Gasteiger partial charge is 0.143 e. The molecule has 3 nitrogen and oxygen atoms in total. The maximum absolute atomic E-state index is 6.20.